The molecule has 0 aliphatic heterocycles. The highest BCUT2D eigenvalue weighted by Gasteiger charge is 2.20. The van der Waals surface area contributed by atoms with Crippen molar-refractivity contribution in [1.29, 1.82) is 0 Å². The van der Waals surface area contributed by atoms with Gasteiger partial charge in [0.1, 0.15) is 0 Å². The number of hydrogen-bond acceptors (Lipinski definition) is 0. The molecule has 0 bridgehead atoms. The molecule has 0 saturated carbocycles. The van der Waals surface area contributed by atoms with Crippen molar-refractivity contribution in [2.24, 2.45) is 5.92 Å². The third kappa shape index (κ3) is 3.90. The fraction of sp³-hybridized carbons (Fsp3) is 0.0732. The van der Waals surface area contributed by atoms with Gasteiger partial charge in [-0.1, -0.05) is 153 Å². The molecular weight excluding hydrogens is 492 g/mol. The Labute approximate surface area is 241 Å². The van der Waals surface area contributed by atoms with E-state index in [1.807, 2.05) is 0 Å². The second-order valence-corrected chi connectivity index (χ2v) is 11.4. The van der Waals surface area contributed by atoms with Crippen LogP contribution in [0.5, 0.6) is 0 Å². The topological polar surface area (TPSA) is 0 Å². The Morgan fingerprint density at radius 3 is 1.73 bits per heavy atom. The first-order chi connectivity index (χ1) is 20.3. The maximum atomic E-state index is 2.42. The van der Waals surface area contributed by atoms with Crippen molar-refractivity contribution >= 4 is 38.4 Å². The molecule has 7 aromatic rings. The molecule has 0 spiro atoms. The van der Waals surface area contributed by atoms with E-state index in [2.05, 4.69) is 153 Å². The van der Waals surface area contributed by atoms with Gasteiger partial charge in [0.2, 0.25) is 0 Å². The third-order valence-electron chi connectivity index (χ3n) is 8.79. The van der Waals surface area contributed by atoms with E-state index in [4.69, 9.17) is 0 Å². The fourth-order valence-corrected chi connectivity index (χ4v) is 6.90. The smallest absolute Gasteiger partial charge is 0.00201 e. The van der Waals surface area contributed by atoms with Crippen LogP contribution in [-0.4, -0.2) is 0 Å². The van der Waals surface area contributed by atoms with E-state index in [9.17, 15) is 0 Å². The Kier molecular flexibility index (Phi) is 5.60. The highest BCUT2D eigenvalue weighted by Crippen LogP contribution is 2.47. The molecule has 194 valence electrons. The average molecular weight is 523 g/mol. The van der Waals surface area contributed by atoms with Crippen molar-refractivity contribution in [3.63, 3.8) is 0 Å². The second-order valence-electron chi connectivity index (χ2n) is 11.4. The van der Waals surface area contributed by atoms with Crippen LogP contribution < -0.4 is 0 Å². The number of rotatable bonds is 3. The van der Waals surface area contributed by atoms with Crippen molar-refractivity contribution in [3.8, 4) is 33.4 Å². The normalized spacial score (nSPS) is 14.5. The van der Waals surface area contributed by atoms with Crippen LogP contribution >= 0.6 is 0 Å². The molecule has 0 N–H and O–H groups in total. The van der Waals surface area contributed by atoms with E-state index < -0.39 is 0 Å². The highest BCUT2D eigenvalue weighted by molar-refractivity contribution is 6.24. The van der Waals surface area contributed by atoms with Crippen LogP contribution in [0.4, 0.5) is 0 Å². The van der Waals surface area contributed by atoms with Gasteiger partial charge in [0.25, 0.3) is 0 Å². The number of fused-ring (bicyclic) bond motifs is 4. The summed E-state index contributed by atoms with van der Waals surface area (Å²) < 4.78 is 0. The SMILES string of the molecule is CC1C=Cc2ccc(-c3ccccc3-c3c4ccccc4c(-c4cccc5ccccc45)c4ccccc34)cc2C1. The van der Waals surface area contributed by atoms with Crippen molar-refractivity contribution < 1.29 is 0 Å². The summed E-state index contributed by atoms with van der Waals surface area (Å²) in [4.78, 5) is 0. The molecule has 1 unspecified atom stereocenters. The highest BCUT2D eigenvalue weighted by atomic mass is 14.2. The molecular formula is C41H30. The molecule has 8 rings (SSSR count). The molecule has 0 aromatic heterocycles. The summed E-state index contributed by atoms with van der Waals surface area (Å²) >= 11 is 0. The standard InChI is InChI=1S/C41H30/c1-27-21-22-28-23-24-30(26-31(28)25-27)33-14-4-5-15-34(33)40-36-16-6-8-18-38(36)41(39-19-9-7-17-37(39)40)35-20-10-12-29-11-2-3-13-32(29)35/h2-24,26-27H,25H2,1H3. The zero-order valence-electron chi connectivity index (χ0n) is 23.1. The molecule has 41 heavy (non-hydrogen) atoms. The molecule has 1 atom stereocenters. The van der Waals surface area contributed by atoms with Gasteiger partial charge in [-0.2, -0.15) is 0 Å². The quantitative estimate of drug-likeness (QED) is 0.202. The van der Waals surface area contributed by atoms with Gasteiger partial charge in [-0.05, 0) is 89.2 Å². The Bertz CT molecular complexity index is 2080. The summed E-state index contributed by atoms with van der Waals surface area (Å²) in [6.07, 6.45) is 5.70. The van der Waals surface area contributed by atoms with Crippen molar-refractivity contribution in [2.45, 2.75) is 13.3 Å². The molecule has 0 fully saturated rings. The Hall–Kier alpha value is -4.94. The minimum Gasteiger partial charge on any atom is -0.0808 e. The summed E-state index contributed by atoms with van der Waals surface area (Å²) in [5.41, 5.74) is 10.5. The summed E-state index contributed by atoms with van der Waals surface area (Å²) in [6, 6.07) is 49.3. The lowest BCUT2D eigenvalue weighted by molar-refractivity contribution is 0.717. The van der Waals surface area contributed by atoms with Crippen molar-refractivity contribution in [1.82, 2.24) is 0 Å². The van der Waals surface area contributed by atoms with E-state index in [1.165, 1.54) is 76.8 Å². The van der Waals surface area contributed by atoms with Crippen LogP contribution in [-0.2, 0) is 6.42 Å². The van der Waals surface area contributed by atoms with Crippen molar-refractivity contribution in [2.75, 3.05) is 0 Å². The number of benzene rings is 7. The number of allylic oxidation sites excluding steroid dienone is 1. The van der Waals surface area contributed by atoms with Gasteiger partial charge in [-0.15, -0.1) is 0 Å². The molecule has 0 heterocycles. The molecule has 0 radical (unpaired) electrons. The molecule has 0 saturated heterocycles. The van der Waals surface area contributed by atoms with Crippen molar-refractivity contribution in [3.05, 3.63) is 151 Å². The summed E-state index contributed by atoms with van der Waals surface area (Å²) in [6.45, 7) is 2.30. The first-order valence-corrected chi connectivity index (χ1v) is 14.6. The maximum absolute atomic E-state index is 2.42. The van der Waals surface area contributed by atoms with Crippen LogP contribution in [0.1, 0.15) is 18.1 Å². The minimum absolute atomic E-state index is 0.572. The van der Waals surface area contributed by atoms with Gasteiger partial charge in [-0.25, -0.2) is 0 Å². The lowest BCUT2D eigenvalue weighted by Crippen LogP contribution is -2.03. The second kappa shape index (κ2) is 9.61. The van der Waals surface area contributed by atoms with E-state index >= 15 is 0 Å². The van der Waals surface area contributed by atoms with Crippen LogP contribution in [0.3, 0.4) is 0 Å². The minimum atomic E-state index is 0.572. The van der Waals surface area contributed by atoms with Gasteiger partial charge in [0.05, 0.1) is 0 Å². The molecule has 0 amide bonds. The largest absolute Gasteiger partial charge is 0.0808 e. The predicted octanol–water partition coefficient (Wildman–Crippen LogP) is 11.4. The van der Waals surface area contributed by atoms with E-state index in [-0.39, 0.29) is 0 Å². The predicted molar refractivity (Wildman–Crippen MR) is 177 cm³/mol. The summed E-state index contributed by atoms with van der Waals surface area (Å²) in [5.74, 6) is 0.572. The van der Waals surface area contributed by atoms with Gasteiger partial charge in [-0.3, -0.25) is 0 Å². The maximum Gasteiger partial charge on any atom is -0.00201 e. The lowest BCUT2D eigenvalue weighted by Gasteiger charge is -2.21. The fourth-order valence-electron chi connectivity index (χ4n) is 6.90. The van der Waals surface area contributed by atoms with Gasteiger partial charge in [0, 0.05) is 0 Å². The zero-order valence-corrected chi connectivity index (χ0v) is 23.1. The van der Waals surface area contributed by atoms with Crippen LogP contribution in [0.25, 0.3) is 71.8 Å². The first-order valence-electron chi connectivity index (χ1n) is 14.6. The molecule has 1 aliphatic carbocycles. The Balaban J connectivity index is 1.45. The Morgan fingerprint density at radius 1 is 0.488 bits per heavy atom. The average Bonchev–Trinajstić information content (AvgIpc) is 3.03. The van der Waals surface area contributed by atoms with Crippen LogP contribution in [0.2, 0.25) is 0 Å². The van der Waals surface area contributed by atoms with Gasteiger partial charge in [0.15, 0.2) is 0 Å². The van der Waals surface area contributed by atoms with E-state index in [0.29, 0.717) is 5.92 Å². The molecule has 7 aromatic carbocycles. The molecule has 1 aliphatic rings. The Morgan fingerprint density at radius 2 is 1.02 bits per heavy atom. The zero-order chi connectivity index (χ0) is 27.3. The van der Waals surface area contributed by atoms with E-state index in [0.717, 1.165) is 6.42 Å². The van der Waals surface area contributed by atoms with E-state index in [1.54, 1.807) is 0 Å². The van der Waals surface area contributed by atoms with Gasteiger partial charge >= 0.3 is 0 Å². The number of hydrogen-bond donors (Lipinski definition) is 0. The third-order valence-corrected chi connectivity index (χ3v) is 8.79. The summed E-state index contributed by atoms with van der Waals surface area (Å²) in [7, 11) is 0. The lowest BCUT2D eigenvalue weighted by atomic mass is 9.82. The van der Waals surface area contributed by atoms with Crippen LogP contribution in [0.15, 0.2) is 140 Å². The monoisotopic (exact) mass is 522 g/mol. The molecule has 0 heteroatoms. The first kappa shape index (κ1) is 23.9. The van der Waals surface area contributed by atoms with Gasteiger partial charge < -0.3 is 0 Å². The van der Waals surface area contributed by atoms with Crippen LogP contribution in [0, 0.1) is 5.92 Å². The molecule has 0 nitrogen and oxygen atoms in total. The summed E-state index contributed by atoms with van der Waals surface area (Å²) in [5, 5.41) is 7.71.